The van der Waals surface area contributed by atoms with Crippen LogP contribution in [0.2, 0.25) is 0 Å². The summed E-state index contributed by atoms with van der Waals surface area (Å²) >= 11 is 1.59. The van der Waals surface area contributed by atoms with Crippen LogP contribution in [0.25, 0.3) is 17.0 Å². The molecule has 0 spiro atoms. The van der Waals surface area contributed by atoms with Crippen LogP contribution in [0.3, 0.4) is 0 Å². The van der Waals surface area contributed by atoms with Gasteiger partial charge in [-0.25, -0.2) is 9.48 Å². The summed E-state index contributed by atoms with van der Waals surface area (Å²) in [6, 6.07) is 13.8. The number of thioether (sulfide) groups is 1. The van der Waals surface area contributed by atoms with E-state index in [1.54, 1.807) is 22.4 Å². The molecule has 8 heteroatoms. The molecule has 0 aliphatic carbocycles. The van der Waals surface area contributed by atoms with Crippen LogP contribution in [0.4, 0.5) is 0 Å². The maximum Gasteiger partial charge on any atom is 0.350 e. The summed E-state index contributed by atoms with van der Waals surface area (Å²) in [6.07, 6.45) is 1.73. The first-order valence-corrected chi connectivity index (χ1v) is 9.83. The van der Waals surface area contributed by atoms with Gasteiger partial charge in [0.1, 0.15) is 0 Å². The molecule has 7 nitrogen and oxygen atoms in total. The second-order valence-corrected chi connectivity index (χ2v) is 7.27. The third-order valence-electron chi connectivity index (χ3n) is 4.33. The molecule has 0 radical (unpaired) electrons. The van der Waals surface area contributed by atoms with Crippen LogP contribution in [-0.4, -0.2) is 34.7 Å². The van der Waals surface area contributed by atoms with Gasteiger partial charge in [-0.3, -0.25) is 4.40 Å². The Bertz CT molecular complexity index is 1140. The summed E-state index contributed by atoms with van der Waals surface area (Å²) in [5.74, 6) is 1.56. The van der Waals surface area contributed by atoms with E-state index in [1.807, 2.05) is 30.3 Å². The largest absolute Gasteiger partial charge is 0.350 e. The van der Waals surface area contributed by atoms with E-state index in [9.17, 15) is 4.79 Å². The van der Waals surface area contributed by atoms with E-state index in [1.165, 1.54) is 10.2 Å². The fraction of sp³-hybridized carbons (Fsp3) is 0.263. The van der Waals surface area contributed by atoms with Crippen molar-refractivity contribution in [3.05, 3.63) is 64.7 Å². The second kappa shape index (κ2) is 7.40. The number of hydrogen-bond acceptors (Lipinski definition) is 5. The molecule has 0 atom stereocenters. The zero-order valence-electron chi connectivity index (χ0n) is 15.2. The molecule has 0 aliphatic heterocycles. The molecule has 0 bridgehead atoms. The minimum atomic E-state index is -0.122. The normalized spacial score (nSPS) is 11.3. The molecule has 4 rings (SSSR count). The van der Waals surface area contributed by atoms with Gasteiger partial charge in [-0.15, -0.1) is 15.3 Å². The van der Waals surface area contributed by atoms with Crippen molar-refractivity contribution in [1.29, 1.82) is 0 Å². The Hall–Kier alpha value is -2.87. The quantitative estimate of drug-likeness (QED) is 0.481. The van der Waals surface area contributed by atoms with Crippen molar-refractivity contribution < 1.29 is 0 Å². The van der Waals surface area contributed by atoms with E-state index in [0.29, 0.717) is 17.9 Å². The molecular formula is C19H20N6OS. The third-order valence-corrected chi connectivity index (χ3v) is 5.28. The molecule has 0 fully saturated rings. The van der Waals surface area contributed by atoms with Crippen LogP contribution in [0, 0.1) is 6.92 Å². The fourth-order valence-corrected chi connectivity index (χ4v) is 3.93. The topological polar surface area (TPSA) is 70.0 Å². The Morgan fingerprint density at radius 1 is 1.11 bits per heavy atom. The van der Waals surface area contributed by atoms with Gasteiger partial charge in [0.15, 0.2) is 16.6 Å². The predicted octanol–water partition coefficient (Wildman–Crippen LogP) is 2.88. The first-order valence-electron chi connectivity index (χ1n) is 8.84. The number of aromatic nitrogens is 6. The molecule has 0 N–H and O–H groups in total. The van der Waals surface area contributed by atoms with Gasteiger partial charge in [-0.2, -0.15) is 0 Å². The van der Waals surface area contributed by atoms with Crippen molar-refractivity contribution >= 4 is 17.4 Å². The highest BCUT2D eigenvalue weighted by atomic mass is 32.2. The molecule has 0 saturated heterocycles. The molecule has 27 heavy (non-hydrogen) atoms. The van der Waals surface area contributed by atoms with Gasteiger partial charge >= 0.3 is 5.69 Å². The standard InChI is InChI=1S/C19H20N6OS/c1-3-23-17(15-8-6-7-14(2)13-15)20-21-18(23)27-12-11-25-19(26)24-10-5-4-9-16(24)22-25/h4-10,13H,3,11-12H2,1-2H3. The number of nitrogens with zero attached hydrogens (tertiary/aromatic N) is 6. The zero-order chi connectivity index (χ0) is 18.8. The summed E-state index contributed by atoms with van der Waals surface area (Å²) < 4.78 is 5.15. The van der Waals surface area contributed by atoms with Crippen molar-refractivity contribution in [3.8, 4) is 11.4 Å². The molecule has 0 saturated carbocycles. The van der Waals surface area contributed by atoms with E-state index >= 15 is 0 Å². The number of benzene rings is 1. The molecule has 3 heterocycles. The smallest absolute Gasteiger partial charge is 0.302 e. The average Bonchev–Trinajstić information content (AvgIpc) is 3.23. The lowest BCUT2D eigenvalue weighted by molar-refractivity contribution is 0.636. The van der Waals surface area contributed by atoms with E-state index in [0.717, 1.165) is 23.1 Å². The summed E-state index contributed by atoms with van der Waals surface area (Å²) in [5.41, 5.74) is 2.79. The Balaban J connectivity index is 1.51. The predicted molar refractivity (Wildman–Crippen MR) is 106 cm³/mol. The van der Waals surface area contributed by atoms with Gasteiger partial charge in [-0.05, 0) is 32.0 Å². The maximum atomic E-state index is 12.3. The van der Waals surface area contributed by atoms with Crippen LogP contribution < -0.4 is 5.69 Å². The van der Waals surface area contributed by atoms with Crippen LogP contribution in [0.1, 0.15) is 12.5 Å². The monoisotopic (exact) mass is 380 g/mol. The van der Waals surface area contributed by atoms with Gasteiger partial charge < -0.3 is 4.57 Å². The number of pyridine rings is 1. The Morgan fingerprint density at radius 3 is 2.78 bits per heavy atom. The van der Waals surface area contributed by atoms with E-state index < -0.39 is 0 Å². The van der Waals surface area contributed by atoms with E-state index in [4.69, 9.17) is 0 Å². The van der Waals surface area contributed by atoms with Crippen molar-refractivity contribution in [1.82, 2.24) is 28.9 Å². The lowest BCUT2D eigenvalue weighted by atomic mass is 10.1. The summed E-state index contributed by atoms with van der Waals surface area (Å²) in [7, 11) is 0. The number of rotatable bonds is 6. The summed E-state index contributed by atoms with van der Waals surface area (Å²) in [4.78, 5) is 12.3. The van der Waals surface area contributed by atoms with E-state index in [2.05, 4.69) is 45.8 Å². The molecule has 4 aromatic rings. The van der Waals surface area contributed by atoms with E-state index in [-0.39, 0.29) is 5.69 Å². The van der Waals surface area contributed by atoms with Crippen molar-refractivity contribution in [2.24, 2.45) is 0 Å². The SMILES string of the molecule is CCn1c(SCCn2nc3ccccn3c2=O)nnc1-c1cccc(C)c1. The van der Waals surface area contributed by atoms with Crippen molar-refractivity contribution in [2.45, 2.75) is 32.1 Å². The molecule has 138 valence electrons. The molecule has 1 aromatic carbocycles. The summed E-state index contributed by atoms with van der Waals surface area (Å²) in [5, 5.41) is 13.9. The first kappa shape index (κ1) is 17.5. The summed E-state index contributed by atoms with van der Waals surface area (Å²) in [6.45, 7) is 5.45. The van der Waals surface area contributed by atoms with Gasteiger partial charge in [0, 0.05) is 24.1 Å². The Labute approximate surface area is 160 Å². The van der Waals surface area contributed by atoms with Crippen LogP contribution >= 0.6 is 11.8 Å². The van der Waals surface area contributed by atoms with Gasteiger partial charge in [0.2, 0.25) is 0 Å². The molecule has 0 unspecified atom stereocenters. The van der Waals surface area contributed by atoms with Crippen LogP contribution in [0.5, 0.6) is 0 Å². The Morgan fingerprint density at radius 2 is 2.00 bits per heavy atom. The van der Waals surface area contributed by atoms with Crippen molar-refractivity contribution in [3.63, 3.8) is 0 Å². The van der Waals surface area contributed by atoms with Gasteiger partial charge in [0.25, 0.3) is 0 Å². The molecule has 0 amide bonds. The minimum Gasteiger partial charge on any atom is -0.302 e. The van der Waals surface area contributed by atoms with Crippen LogP contribution in [-0.2, 0) is 13.1 Å². The lowest BCUT2D eigenvalue weighted by Gasteiger charge is -2.07. The highest BCUT2D eigenvalue weighted by molar-refractivity contribution is 7.99. The van der Waals surface area contributed by atoms with Crippen molar-refractivity contribution in [2.75, 3.05) is 5.75 Å². The second-order valence-electron chi connectivity index (χ2n) is 6.20. The van der Waals surface area contributed by atoms with Gasteiger partial charge in [-0.1, -0.05) is 41.6 Å². The van der Waals surface area contributed by atoms with Gasteiger partial charge in [0.05, 0.1) is 6.54 Å². The third kappa shape index (κ3) is 3.40. The average molecular weight is 380 g/mol. The van der Waals surface area contributed by atoms with Crippen LogP contribution in [0.15, 0.2) is 58.6 Å². The Kier molecular flexibility index (Phi) is 4.81. The maximum absolute atomic E-state index is 12.3. The number of fused-ring (bicyclic) bond motifs is 1. The molecule has 0 aliphatic rings. The highest BCUT2D eigenvalue weighted by Gasteiger charge is 2.14. The molecular weight excluding hydrogens is 360 g/mol. The molecule has 3 aromatic heterocycles. The first-order chi connectivity index (χ1) is 13.2. The zero-order valence-corrected chi connectivity index (χ0v) is 16.1. The number of aryl methyl sites for hydroxylation is 2. The highest BCUT2D eigenvalue weighted by Crippen LogP contribution is 2.24. The minimum absolute atomic E-state index is 0.122. The lowest BCUT2D eigenvalue weighted by Crippen LogP contribution is -2.22. The fourth-order valence-electron chi connectivity index (χ4n) is 3.02. The number of hydrogen-bond donors (Lipinski definition) is 0.